The fourth-order valence-corrected chi connectivity index (χ4v) is 8.58. The molecule has 0 aromatic carbocycles. The van der Waals surface area contributed by atoms with Crippen LogP contribution in [0.25, 0.3) is 0 Å². The van der Waals surface area contributed by atoms with E-state index in [1.807, 2.05) is 0 Å². The Morgan fingerprint density at radius 1 is 0.429 bits per heavy atom. The molecule has 144 valence electrons. The highest BCUT2D eigenvalue weighted by Crippen LogP contribution is 2.69. The predicted octanol–water partition coefficient (Wildman–Crippen LogP) is -0.466. The Morgan fingerprint density at radius 2 is 0.679 bits per heavy atom. The highest BCUT2D eigenvalue weighted by molar-refractivity contribution is 6.07. The molecular weight excluding hydrogens is 368 g/mol. The number of carbonyl (C=O) groups is 6. The number of rotatable bonds is 0. The molecule has 7 aliphatic rings. The van der Waals surface area contributed by atoms with Gasteiger partial charge in [0.1, 0.15) is 11.6 Å². The van der Waals surface area contributed by atoms with Crippen LogP contribution in [0, 0.1) is 71.0 Å². The zero-order chi connectivity index (χ0) is 19.2. The molecule has 28 heavy (non-hydrogen) atoms. The molecule has 0 N–H and O–H groups in total. The van der Waals surface area contributed by atoms with Gasteiger partial charge in [0, 0.05) is 23.7 Å². The monoisotopic (exact) mass is 384 g/mol. The van der Waals surface area contributed by atoms with Crippen molar-refractivity contribution in [3.8, 4) is 0 Å². The molecule has 5 aliphatic carbocycles. The average Bonchev–Trinajstić information content (AvgIpc) is 3.43. The predicted molar refractivity (Wildman–Crippen MR) is 83.3 cm³/mol. The van der Waals surface area contributed by atoms with E-state index in [-0.39, 0.29) is 35.2 Å². The third-order valence-corrected chi connectivity index (χ3v) is 9.13. The zero-order valence-electron chi connectivity index (χ0n) is 14.6. The van der Waals surface area contributed by atoms with Crippen LogP contribution >= 0.6 is 0 Å². The molecule has 4 bridgehead atoms. The first-order chi connectivity index (χ1) is 13.4. The summed E-state index contributed by atoms with van der Waals surface area (Å²) >= 11 is 0. The molecule has 2 heterocycles. The van der Waals surface area contributed by atoms with Crippen LogP contribution in [0.5, 0.6) is 0 Å². The number of hydrogen-bond acceptors (Lipinski definition) is 8. The Labute approximate surface area is 158 Å². The molecule has 2 aliphatic heterocycles. The van der Waals surface area contributed by atoms with Gasteiger partial charge in [0.25, 0.3) is 0 Å². The number of cyclic esters (lactones) is 4. The second-order valence-corrected chi connectivity index (χ2v) is 9.62. The topological polar surface area (TPSA) is 121 Å². The lowest BCUT2D eigenvalue weighted by Gasteiger charge is -2.45. The van der Waals surface area contributed by atoms with Crippen LogP contribution in [-0.4, -0.2) is 35.4 Å². The third kappa shape index (κ3) is 1.38. The molecule has 8 heteroatoms. The minimum atomic E-state index is -0.614. The number of Topliss-reactive ketones (excluding diaryl/α,β-unsaturated/α-hetero) is 2. The van der Waals surface area contributed by atoms with Gasteiger partial charge in [-0.25, -0.2) is 0 Å². The Bertz CT molecular complexity index is 806. The molecule has 0 spiro atoms. The van der Waals surface area contributed by atoms with Gasteiger partial charge in [-0.1, -0.05) is 0 Å². The number of fused-ring (bicyclic) bond motifs is 16. The number of ether oxygens (including phenoxy) is 2. The van der Waals surface area contributed by atoms with Crippen LogP contribution in [0.2, 0.25) is 0 Å². The fraction of sp³-hybridized carbons (Fsp3) is 0.700. The smallest absolute Gasteiger partial charge is 0.317 e. The van der Waals surface area contributed by atoms with E-state index >= 15 is 0 Å². The summed E-state index contributed by atoms with van der Waals surface area (Å²) in [6, 6.07) is 0. The van der Waals surface area contributed by atoms with Crippen LogP contribution in [0.15, 0.2) is 0 Å². The summed E-state index contributed by atoms with van der Waals surface area (Å²) in [6.07, 6.45) is 1.04. The van der Waals surface area contributed by atoms with Gasteiger partial charge in [-0.15, -0.1) is 0 Å². The van der Waals surface area contributed by atoms with E-state index in [1.165, 1.54) is 0 Å². The maximum Gasteiger partial charge on any atom is 0.317 e. The van der Waals surface area contributed by atoms with Crippen molar-refractivity contribution in [2.45, 2.75) is 12.8 Å². The van der Waals surface area contributed by atoms with E-state index in [0.717, 1.165) is 0 Å². The van der Waals surface area contributed by atoms with Crippen molar-refractivity contribution in [1.29, 1.82) is 0 Å². The van der Waals surface area contributed by atoms with E-state index in [0.29, 0.717) is 12.8 Å². The quantitative estimate of drug-likeness (QED) is 0.406. The Morgan fingerprint density at radius 3 is 0.929 bits per heavy atom. The number of carbonyl (C=O) groups excluding carboxylic acids is 6. The Kier molecular flexibility index (Phi) is 2.46. The van der Waals surface area contributed by atoms with E-state index in [4.69, 9.17) is 9.47 Å². The van der Waals surface area contributed by atoms with Gasteiger partial charge in [-0.3, -0.25) is 28.8 Å². The van der Waals surface area contributed by atoms with Crippen LogP contribution in [0.1, 0.15) is 12.8 Å². The van der Waals surface area contributed by atoms with Crippen molar-refractivity contribution in [3.63, 3.8) is 0 Å². The van der Waals surface area contributed by atoms with Crippen molar-refractivity contribution >= 4 is 35.4 Å². The highest BCUT2D eigenvalue weighted by atomic mass is 16.6. The van der Waals surface area contributed by atoms with Crippen molar-refractivity contribution in [2.75, 3.05) is 0 Å². The van der Waals surface area contributed by atoms with Crippen molar-refractivity contribution < 1.29 is 38.2 Å². The van der Waals surface area contributed by atoms with Gasteiger partial charge < -0.3 is 9.47 Å². The molecule has 0 aromatic heterocycles. The molecule has 12 unspecified atom stereocenters. The summed E-state index contributed by atoms with van der Waals surface area (Å²) < 4.78 is 9.63. The summed E-state index contributed by atoms with van der Waals surface area (Å²) in [7, 11) is 0. The first kappa shape index (κ1) is 15.5. The van der Waals surface area contributed by atoms with E-state index in [9.17, 15) is 28.8 Å². The van der Waals surface area contributed by atoms with E-state index < -0.39 is 71.2 Å². The maximum absolute atomic E-state index is 13.5. The first-order valence-electron chi connectivity index (χ1n) is 9.98. The Hall–Kier alpha value is -2.38. The fourth-order valence-electron chi connectivity index (χ4n) is 8.58. The molecule has 7 rings (SSSR count). The molecule has 8 nitrogen and oxygen atoms in total. The SMILES string of the molecule is O=C1OC(=O)C2C3CC(C12)C1C(=O)C2C4CC(C5C(=O)OC(=O)C45)C2C(=O)C31. The van der Waals surface area contributed by atoms with E-state index in [2.05, 4.69) is 0 Å². The van der Waals surface area contributed by atoms with Gasteiger partial charge in [0.2, 0.25) is 0 Å². The molecule has 7 fully saturated rings. The van der Waals surface area contributed by atoms with Gasteiger partial charge in [0.15, 0.2) is 0 Å². The van der Waals surface area contributed by atoms with Crippen LogP contribution in [0.4, 0.5) is 0 Å². The van der Waals surface area contributed by atoms with Crippen molar-refractivity contribution in [1.82, 2.24) is 0 Å². The molecule has 0 radical (unpaired) electrons. The summed E-state index contributed by atoms with van der Waals surface area (Å²) in [6.45, 7) is 0. The Balaban J connectivity index is 1.32. The molecule has 0 amide bonds. The minimum Gasteiger partial charge on any atom is -0.393 e. The largest absolute Gasteiger partial charge is 0.393 e. The lowest BCUT2D eigenvalue weighted by atomic mass is 9.53. The standard InChI is InChI=1S/C20H16O8/c21-15-7-3-1-4(12-11(3)17(23)27-18(12)24)8(7)16(22)10-6-2-5(9(10)15)13-14(6)20(26)28-19(13)25/h3-14H,1-2H2. The maximum atomic E-state index is 13.5. The van der Waals surface area contributed by atoms with Crippen molar-refractivity contribution in [3.05, 3.63) is 0 Å². The molecule has 0 aromatic rings. The zero-order valence-corrected chi connectivity index (χ0v) is 14.6. The van der Waals surface area contributed by atoms with E-state index in [1.54, 1.807) is 0 Å². The number of hydrogen-bond donors (Lipinski definition) is 0. The summed E-state index contributed by atoms with van der Waals surface area (Å²) in [5, 5.41) is 0. The summed E-state index contributed by atoms with van der Waals surface area (Å²) in [5.74, 6) is -8.41. The van der Waals surface area contributed by atoms with Gasteiger partial charge >= 0.3 is 23.9 Å². The molecule has 12 atom stereocenters. The average molecular weight is 384 g/mol. The molecule has 2 saturated heterocycles. The number of esters is 4. The summed E-state index contributed by atoms with van der Waals surface area (Å²) in [4.78, 5) is 75.7. The van der Waals surface area contributed by atoms with Crippen LogP contribution in [-0.2, 0) is 38.2 Å². The van der Waals surface area contributed by atoms with Crippen LogP contribution in [0.3, 0.4) is 0 Å². The number of ketones is 2. The summed E-state index contributed by atoms with van der Waals surface area (Å²) in [5.41, 5.74) is 0. The lowest BCUT2D eigenvalue weighted by Crippen LogP contribution is -2.57. The van der Waals surface area contributed by atoms with Crippen LogP contribution < -0.4 is 0 Å². The minimum absolute atomic E-state index is 0.0502. The second kappa shape index (κ2) is 4.44. The first-order valence-corrected chi connectivity index (χ1v) is 9.98. The van der Waals surface area contributed by atoms with Gasteiger partial charge in [-0.2, -0.15) is 0 Å². The molecular formula is C20H16O8. The molecule has 5 saturated carbocycles. The van der Waals surface area contributed by atoms with Crippen molar-refractivity contribution in [2.24, 2.45) is 71.0 Å². The third-order valence-electron chi connectivity index (χ3n) is 9.13. The normalized spacial score (nSPS) is 57.3. The highest BCUT2D eigenvalue weighted by Gasteiger charge is 2.77. The van der Waals surface area contributed by atoms with Gasteiger partial charge in [0.05, 0.1) is 23.7 Å². The second-order valence-electron chi connectivity index (χ2n) is 9.62. The lowest BCUT2D eigenvalue weighted by molar-refractivity contribution is -0.159. The van der Waals surface area contributed by atoms with Gasteiger partial charge in [-0.05, 0) is 36.5 Å².